The van der Waals surface area contributed by atoms with Crippen molar-refractivity contribution in [3.05, 3.63) is 11.3 Å². The number of amides is 1. The number of primary amides is 1. The quantitative estimate of drug-likeness (QED) is 0.669. The number of aromatic nitrogens is 2. The van der Waals surface area contributed by atoms with Crippen molar-refractivity contribution in [2.75, 3.05) is 12.3 Å². The molecule has 0 aliphatic rings. The first-order chi connectivity index (χ1) is 8.51. The standard InChI is InChI=1S/C10H13N5O3/c1-2-18-10(17)8-6(5-11)9(13)15(14-8)4-3-7(12)16/h2-4,13H2,1H3,(H2,12,16). The Kier molecular flexibility index (Phi) is 4.26. The lowest BCUT2D eigenvalue weighted by Crippen LogP contribution is -2.16. The average Bonchev–Trinajstić information content (AvgIpc) is 2.63. The van der Waals surface area contributed by atoms with Gasteiger partial charge in [0.15, 0.2) is 5.69 Å². The molecule has 1 amide bonds. The van der Waals surface area contributed by atoms with E-state index < -0.39 is 11.9 Å². The molecule has 0 aromatic carbocycles. The summed E-state index contributed by atoms with van der Waals surface area (Å²) in [6, 6.07) is 1.79. The molecule has 0 aliphatic heterocycles. The maximum Gasteiger partial charge on any atom is 0.360 e. The molecular weight excluding hydrogens is 238 g/mol. The van der Waals surface area contributed by atoms with E-state index in [1.165, 1.54) is 4.68 Å². The minimum Gasteiger partial charge on any atom is -0.461 e. The van der Waals surface area contributed by atoms with Gasteiger partial charge in [-0.3, -0.25) is 4.79 Å². The minimum atomic E-state index is -0.724. The molecule has 0 bridgehead atoms. The van der Waals surface area contributed by atoms with Gasteiger partial charge in [0, 0.05) is 6.42 Å². The number of ether oxygens (including phenoxy) is 1. The summed E-state index contributed by atoms with van der Waals surface area (Å²) in [5.41, 5.74) is 10.4. The molecule has 96 valence electrons. The fourth-order valence-electron chi connectivity index (χ4n) is 1.31. The van der Waals surface area contributed by atoms with Crippen molar-refractivity contribution in [2.24, 2.45) is 5.73 Å². The van der Waals surface area contributed by atoms with E-state index in [0.29, 0.717) is 0 Å². The van der Waals surface area contributed by atoms with Gasteiger partial charge in [-0.15, -0.1) is 0 Å². The first kappa shape index (κ1) is 13.5. The van der Waals surface area contributed by atoms with Crippen LogP contribution in [0.15, 0.2) is 0 Å². The molecule has 8 nitrogen and oxygen atoms in total. The number of rotatable bonds is 5. The topological polar surface area (TPSA) is 137 Å². The predicted molar refractivity (Wildman–Crippen MR) is 61.1 cm³/mol. The molecule has 0 aliphatic carbocycles. The van der Waals surface area contributed by atoms with Crippen LogP contribution in [-0.2, 0) is 16.1 Å². The van der Waals surface area contributed by atoms with Crippen LogP contribution in [0.1, 0.15) is 29.4 Å². The van der Waals surface area contributed by atoms with Gasteiger partial charge in [0.2, 0.25) is 5.91 Å². The fraction of sp³-hybridized carbons (Fsp3) is 0.400. The second-order valence-corrected chi connectivity index (χ2v) is 3.38. The summed E-state index contributed by atoms with van der Waals surface area (Å²) in [6.07, 6.45) is 0.0129. The van der Waals surface area contributed by atoms with E-state index >= 15 is 0 Å². The zero-order valence-corrected chi connectivity index (χ0v) is 9.84. The highest BCUT2D eigenvalue weighted by molar-refractivity contribution is 5.91. The van der Waals surface area contributed by atoms with E-state index in [2.05, 4.69) is 5.10 Å². The van der Waals surface area contributed by atoms with Crippen molar-refractivity contribution in [3.63, 3.8) is 0 Å². The summed E-state index contributed by atoms with van der Waals surface area (Å²) in [6.45, 7) is 1.91. The predicted octanol–water partition coefficient (Wildman–Crippen LogP) is -0.611. The zero-order valence-electron chi connectivity index (χ0n) is 9.84. The van der Waals surface area contributed by atoms with Gasteiger partial charge < -0.3 is 16.2 Å². The van der Waals surface area contributed by atoms with Crippen LogP contribution in [0.25, 0.3) is 0 Å². The molecule has 1 rings (SSSR count). The van der Waals surface area contributed by atoms with E-state index in [1.807, 2.05) is 0 Å². The van der Waals surface area contributed by atoms with Gasteiger partial charge >= 0.3 is 5.97 Å². The number of hydrogen-bond donors (Lipinski definition) is 2. The van der Waals surface area contributed by atoms with Gasteiger partial charge in [-0.25, -0.2) is 9.48 Å². The fourth-order valence-corrected chi connectivity index (χ4v) is 1.31. The molecule has 1 aromatic rings. The van der Waals surface area contributed by atoms with Crippen molar-refractivity contribution in [1.29, 1.82) is 5.26 Å². The molecule has 0 saturated carbocycles. The Morgan fingerprint density at radius 1 is 1.56 bits per heavy atom. The molecular formula is C10H13N5O3. The highest BCUT2D eigenvalue weighted by Crippen LogP contribution is 2.17. The summed E-state index contributed by atoms with van der Waals surface area (Å²) in [7, 11) is 0. The number of esters is 1. The highest BCUT2D eigenvalue weighted by Gasteiger charge is 2.22. The third kappa shape index (κ3) is 2.76. The third-order valence-corrected chi connectivity index (χ3v) is 2.14. The summed E-state index contributed by atoms with van der Waals surface area (Å²) in [5, 5.41) is 12.8. The number of nitrogens with zero attached hydrogens (tertiary/aromatic N) is 3. The van der Waals surface area contributed by atoms with Crippen LogP contribution < -0.4 is 11.5 Å². The Labute approximate surface area is 103 Å². The molecule has 1 aromatic heterocycles. The molecule has 0 spiro atoms. The largest absolute Gasteiger partial charge is 0.461 e. The van der Waals surface area contributed by atoms with Crippen molar-refractivity contribution in [3.8, 4) is 6.07 Å². The van der Waals surface area contributed by atoms with Gasteiger partial charge in [0.05, 0.1) is 13.2 Å². The Hall–Kier alpha value is -2.56. The monoisotopic (exact) mass is 251 g/mol. The molecule has 0 radical (unpaired) electrons. The molecule has 8 heteroatoms. The highest BCUT2D eigenvalue weighted by atomic mass is 16.5. The van der Waals surface area contributed by atoms with Gasteiger partial charge in [0.1, 0.15) is 17.5 Å². The molecule has 1 heterocycles. The normalized spacial score (nSPS) is 9.78. The second-order valence-electron chi connectivity index (χ2n) is 3.38. The van der Waals surface area contributed by atoms with E-state index in [4.69, 9.17) is 21.5 Å². The average molecular weight is 251 g/mol. The maximum atomic E-state index is 11.5. The molecule has 0 unspecified atom stereocenters. The summed E-state index contributed by atoms with van der Waals surface area (Å²) >= 11 is 0. The van der Waals surface area contributed by atoms with Crippen LogP contribution >= 0.6 is 0 Å². The maximum absolute atomic E-state index is 11.5. The van der Waals surface area contributed by atoms with E-state index in [1.54, 1.807) is 13.0 Å². The van der Waals surface area contributed by atoms with E-state index in [0.717, 1.165) is 0 Å². The number of hydrogen-bond acceptors (Lipinski definition) is 6. The number of nitrogen functional groups attached to an aromatic ring is 1. The van der Waals surface area contributed by atoms with Crippen molar-refractivity contribution < 1.29 is 14.3 Å². The lowest BCUT2D eigenvalue weighted by atomic mass is 10.2. The van der Waals surface area contributed by atoms with Crippen LogP contribution in [0, 0.1) is 11.3 Å². The van der Waals surface area contributed by atoms with E-state index in [-0.39, 0.29) is 36.6 Å². The Morgan fingerprint density at radius 3 is 2.72 bits per heavy atom. The number of anilines is 1. The number of aryl methyl sites for hydroxylation is 1. The molecule has 0 fully saturated rings. The SMILES string of the molecule is CCOC(=O)c1nn(CCC(N)=O)c(N)c1C#N. The van der Waals surface area contributed by atoms with Crippen molar-refractivity contribution in [1.82, 2.24) is 9.78 Å². The number of nitriles is 1. The number of carbonyl (C=O) groups excluding carboxylic acids is 2. The number of nitrogens with two attached hydrogens (primary N) is 2. The van der Waals surface area contributed by atoms with Crippen LogP contribution in [-0.4, -0.2) is 28.3 Å². The molecule has 0 saturated heterocycles. The molecule has 4 N–H and O–H groups in total. The molecule has 18 heavy (non-hydrogen) atoms. The Bertz CT molecular complexity index is 514. The van der Waals surface area contributed by atoms with Crippen LogP contribution in [0.4, 0.5) is 5.82 Å². The second kappa shape index (κ2) is 5.67. The molecule has 0 atom stereocenters. The summed E-state index contributed by atoms with van der Waals surface area (Å²) in [4.78, 5) is 22.2. The minimum absolute atomic E-state index is 0.0129. The van der Waals surface area contributed by atoms with Gasteiger partial charge in [-0.2, -0.15) is 10.4 Å². The zero-order chi connectivity index (χ0) is 13.7. The Balaban J connectivity index is 3.06. The summed E-state index contributed by atoms with van der Waals surface area (Å²) < 4.78 is 5.94. The lowest BCUT2D eigenvalue weighted by molar-refractivity contribution is -0.118. The van der Waals surface area contributed by atoms with Crippen molar-refractivity contribution in [2.45, 2.75) is 19.9 Å². The van der Waals surface area contributed by atoms with Gasteiger partial charge in [-0.05, 0) is 6.92 Å². The van der Waals surface area contributed by atoms with Crippen LogP contribution in [0.3, 0.4) is 0 Å². The Morgan fingerprint density at radius 2 is 2.22 bits per heavy atom. The van der Waals surface area contributed by atoms with Gasteiger partial charge in [0.25, 0.3) is 0 Å². The van der Waals surface area contributed by atoms with Gasteiger partial charge in [-0.1, -0.05) is 0 Å². The summed E-state index contributed by atoms with van der Waals surface area (Å²) in [5.74, 6) is -1.23. The third-order valence-electron chi connectivity index (χ3n) is 2.14. The lowest BCUT2D eigenvalue weighted by Gasteiger charge is -2.00. The number of carbonyl (C=O) groups is 2. The van der Waals surface area contributed by atoms with Crippen LogP contribution in [0.5, 0.6) is 0 Å². The van der Waals surface area contributed by atoms with Crippen LogP contribution in [0.2, 0.25) is 0 Å². The first-order valence-electron chi connectivity index (χ1n) is 5.23. The van der Waals surface area contributed by atoms with E-state index in [9.17, 15) is 9.59 Å². The van der Waals surface area contributed by atoms with Crippen molar-refractivity contribution >= 4 is 17.7 Å². The smallest absolute Gasteiger partial charge is 0.360 e. The first-order valence-corrected chi connectivity index (χ1v) is 5.23.